The summed E-state index contributed by atoms with van der Waals surface area (Å²) in [4.78, 5) is 10.0. The van der Waals surface area contributed by atoms with Gasteiger partial charge in [-0.2, -0.15) is 5.26 Å². The maximum Gasteiger partial charge on any atom is 0.145 e. The zero-order chi connectivity index (χ0) is 40.6. The maximum atomic E-state index is 9.47. The molecule has 0 spiro atoms. The molecule has 0 saturated heterocycles. The van der Waals surface area contributed by atoms with Gasteiger partial charge >= 0.3 is 0 Å². The first-order valence-corrected chi connectivity index (χ1v) is 21.3. The molecule has 0 amide bonds. The monoisotopic (exact) mass is 781 g/mol. The van der Waals surface area contributed by atoms with Crippen molar-refractivity contribution >= 4 is 60.3 Å². The molecule has 6 aromatic carbocycles. The molecule has 61 heavy (non-hydrogen) atoms. The summed E-state index contributed by atoms with van der Waals surface area (Å²) in [7, 11) is 0. The van der Waals surface area contributed by atoms with E-state index in [0.717, 1.165) is 46.7 Å². The normalized spacial score (nSPS) is 20.9. The number of aliphatic imine (C=N–C) groups is 1. The first-order valence-electron chi connectivity index (χ1n) is 21.3. The number of nitrogens with one attached hydrogen (secondary N) is 1. The molecule has 0 bridgehead atoms. The van der Waals surface area contributed by atoms with E-state index in [1.165, 1.54) is 82.3 Å². The van der Waals surface area contributed by atoms with Gasteiger partial charge in [0.15, 0.2) is 0 Å². The van der Waals surface area contributed by atoms with E-state index in [1.807, 2.05) is 30.3 Å². The van der Waals surface area contributed by atoms with Crippen LogP contribution in [0.4, 0.5) is 5.69 Å². The number of anilines is 1. The number of nitriles is 1. The van der Waals surface area contributed by atoms with Gasteiger partial charge in [-0.25, -0.2) is 0 Å². The fourth-order valence-corrected chi connectivity index (χ4v) is 11.6. The largest absolute Gasteiger partial charge is 0.358 e. The minimum Gasteiger partial charge on any atom is -0.358 e. The summed E-state index contributed by atoms with van der Waals surface area (Å²) in [5, 5.41) is 20.9. The molecule has 5 nitrogen and oxygen atoms in total. The van der Waals surface area contributed by atoms with Gasteiger partial charge in [-0.3, -0.25) is 9.98 Å². The topological polar surface area (TPSA) is 66.0 Å². The van der Waals surface area contributed by atoms with Gasteiger partial charge in [0.05, 0.1) is 34.1 Å². The Morgan fingerprint density at radius 2 is 1.64 bits per heavy atom. The summed E-state index contributed by atoms with van der Waals surface area (Å²) >= 11 is 0. The van der Waals surface area contributed by atoms with Gasteiger partial charge in [0.25, 0.3) is 0 Å². The quantitative estimate of drug-likeness (QED) is 0.194. The highest BCUT2D eigenvalue weighted by atomic mass is 15.1. The van der Waals surface area contributed by atoms with Crippen LogP contribution < -0.4 is 5.32 Å². The van der Waals surface area contributed by atoms with Gasteiger partial charge in [0, 0.05) is 39.6 Å². The summed E-state index contributed by atoms with van der Waals surface area (Å²) in [6.07, 6.45) is 15.7. The van der Waals surface area contributed by atoms with Gasteiger partial charge in [-0.05, 0) is 128 Å². The standard InChI is InChI=1S/C56H39N5/c1-32-38-12-5-6-14-40(38)43-17-9-29-56(2)50(43)46(32)48-41-15-7-8-16-42(41)49-47-39-13-4-3-11-34(39)25-28-45(47)61(54(49)51(48)56)37-26-23-36(24-27-37)55-59-44-18-10-30-58-53(44)52(60-55)35-21-19-33(31-57)20-22-35/h3-5,7-13,15-30,50,55,59H,6,14H2,1-2H3. The van der Waals surface area contributed by atoms with Crippen LogP contribution in [-0.4, -0.2) is 15.3 Å². The predicted molar refractivity (Wildman–Crippen MR) is 249 cm³/mol. The van der Waals surface area contributed by atoms with Crippen molar-refractivity contribution in [2.75, 3.05) is 5.32 Å². The Labute approximate surface area is 353 Å². The highest BCUT2D eigenvalue weighted by Crippen LogP contribution is 2.65. The average Bonchev–Trinajstić information content (AvgIpc) is 3.81. The summed E-state index contributed by atoms with van der Waals surface area (Å²) in [6.45, 7) is 4.89. The van der Waals surface area contributed by atoms with Gasteiger partial charge in [0.1, 0.15) is 11.9 Å². The molecule has 3 heterocycles. The molecule has 3 unspecified atom stereocenters. The van der Waals surface area contributed by atoms with Crippen LogP contribution >= 0.6 is 0 Å². The highest BCUT2D eigenvalue weighted by molar-refractivity contribution is 6.31. The number of pyridine rings is 1. The minimum atomic E-state index is -0.325. The number of rotatable bonds is 3. The Hall–Kier alpha value is -7.55. The van der Waals surface area contributed by atoms with Crippen LogP contribution in [0.15, 0.2) is 185 Å². The van der Waals surface area contributed by atoms with Crippen LogP contribution in [0.2, 0.25) is 0 Å². The molecule has 13 rings (SSSR count). The maximum absolute atomic E-state index is 9.47. The van der Waals surface area contributed by atoms with Crippen molar-refractivity contribution in [1.82, 2.24) is 9.55 Å². The number of aromatic nitrogens is 2. The third kappa shape index (κ3) is 4.59. The van der Waals surface area contributed by atoms with E-state index in [9.17, 15) is 5.26 Å². The van der Waals surface area contributed by atoms with Crippen LogP contribution in [0.1, 0.15) is 66.4 Å². The Kier molecular flexibility index (Phi) is 7.03. The molecule has 0 saturated carbocycles. The van der Waals surface area contributed by atoms with Crippen LogP contribution in [0.5, 0.6) is 0 Å². The van der Waals surface area contributed by atoms with Crippen LogP contribution in [0, 0.1) is 17.2 Å². The smallest absolute Gasteiger partial charge is 0.145 e. The second-order valence-electron chi connectivity index (χ2n) is 17.3. The average molecular weight is 782 g/mol. The van der Waals surface area contributed by atoms with E-state index < -0.39 is 0 Å². The molecule has 0 fully saturated rings. The van der Waals surface area contributed by atoms with E-state index in [2.05, 4.69) is 151 Å². The summed E-state index contributed by atoms with van der Waals surface area (Å²) in [6, 6.07) is 45.6. The highest BCUT2D eigenvalue weighted by Gasteiger charge is 2.53. The first-order chi connectivity index (χ1) is 30.0. The van der Waals surface area contributed by atoms with E-state index >= 15 is 0 Å². The zero-order valence-electron chi connectivity index (χ0n) is 33.9. The number of hydrogen-bond donors (Lipinski definition) is 1. The number of fused-ring (bicyclic) bond motifs is 14. The summed E-state index contributed by atoms with van der Waals surface area (Å²) < 4.78 is 2.57. The number of nitrogens with zero attached hydrogens (tertiary/aromatic N) is 4. The van der Waals surface area contributed by atoms with E-state index in [4.69, 9.17) is 9.98 Å². The second-order valence-corrected chi connectivity index (χ2v) is 17.3. The van der Waals surface area contributed by atoms with Crippen molar-refractivity contribution in [2.24, 2.45) is 10.9 Å². The lowest BCUT2D eigenvalue weighted by Crippen LogP contribution is -2.32. The van der Waals surface area contributed by atoms with Crippen molar-refractivity contribution in [1.29, 1.82) is 5.26 Å². The summed E-state index contributed by atoms with van der Waals surface area (Å²) in [5.41, 5.74) is 18.7. The first kappa shape index (κ1) is 34.3. The number of hydrogen-bond acceptors (Lipinski definition) is 4. The molecule has 1 aliphatic heterocycles. The van der Waals surface area contributed by atoms with Crippen molar-refractivity contribution in [3.8, 4) is 11.8 Å². The van der Waals surface area contributed by atoms with Gasteiger partial charge < -0.3 is 9.88 Å². The third-order valence-corrected chi connectivity index (χ3v) is 14.2. The number of allylic oxidation sites excluding steroid dienone is 10. The molecular weight excluding hydrogens is 743 g/mol. The fourth-order valence-electron chi connectivity index (χ4n) is 11.6. The van der Waals surface area contributed by atoms with E-state index in [0.29, 0.717) is 5.56 Å². The Bertz CT molecular complexity index is 3530. The van der Waals surface area contributed by atoms with E-state index in [-0.39, 0.29) is 17.5 Å². The molecule has 0 radical (unpaired) electrons. The van der Waals surface area contributed by atoms with Crippen LogP contribution in [0.3, 0.4) is 0 Å². The lowest BCUT2D eigenvalue weighted by atomic mass is 9.63. The zero-order valence-corrected chi connectivity index (χ0v) is 33.9. The second kappa shape index (κ2) is 12.5. The molecule has 5 heteroatoms. The third-order valence-electron chi connectivity index (χ3n) is 14.2. The SMILES string of the molecule is CC1=C2c3c(c4c(c5ccccc35)c3c5ccccc5ccc3n4-c3ccc(C4N=C(c5ccc(C#N)cc5)c5ncccc5N4)cc3)C3(C)C=CC=C(C4=C1C=CCC4)C23. The van der Waals surface area contributed by atoms with Crippen LogP contribution in [-0.2, 0) is 5.41 Å². The van der Waals surface area contributed by atoms with Crippen molar-refractivity contribution in [2.45, 2.75) is 38.3 Å². The molecule has 1 N–H and O–H groups in total. The minimum absolute atomic E-state index is 0.246. The van der Waals surface area contributed by atoms with Crippen LogP contribution in [0.25, 0.3) is 54.6 Å². The number of benzene rings is 6. The van der Waals surface area contributed by atoms with Gasteiger partial charge in [-0.1, -0.05) is 116 Å². The lowest BCUT2D eigenvalue weighted by Gasteiger charge is -2.40. The Morgan fingerprint density at radius 1 is 0.836 bits per heavy atom. The molecular formula is C56H39N5. The van der Waals surface area contributed by atoms with Crippen molar-refractivity contribution in [3.63, 3.8) is 0 Å². The van der Waals surface area contributed by atoms with Gasteiger partial charge in [0.2, 0.25) is 0 Å². The Balaban J connectivity index is 1.08. The lowest BCUT2D eigenvalue weighted by molar-refractivity contribution is 0.511. The molecule has 4 aliphatic carbocycles. The molecule has 8 aromatic rings. The van der Waals surface area contributed by atoms with E-state index in [1.54, 1.807) is 6.20 Å². The molecule has 2 aromatic heterocycles. The predicted octanol–water partition coefficient (Wildman–Crippen LogP) is 13.1. The molecule has 288 valence electrons. The molecule has 3 atom stereocenters. The van der Waals surface area contributed by atoms with Crippen molar-refractivity contribution < 1.29 is 0 Å². The Morgan fingerprint density at radius 3 is 2.48 bits per heavy atom. The van der Waals surface area contributed by atoms with Crippen molar-refractivity contribution in [3.05, 3.63) is 214 Å². The fraction of sp³-hybridized carbons (Fsp3) is 0.125. The van der Waals surface area contributed by atoms with Gasteiger partial charge in [-0.15, -0.1) is 0 Å². The summed E-state index contributed by atoms with van der Waals surface area (Å²) in [5.74, 6) is 0.246. The molecule has 5 aliphatic rings.